The van der Waals surface area contributed by atoms with Crippen molar-refractivity contribution >= 4 is 27.5 Å². The second-order valence-electron chi connectivity index (χ2n) is 2.98. The first-order valence-electron chi connectivity index (χ1n) is 3.94. The second kappa shape index (κ2) is 2.92. The average Bonchev–Trinajstić information content (AvgIpc) is 2.43. The van der Waals surface area contributed by atoms with E-state index in [-0.39, 0.29) is 0 Å². The molecule has 5 heteroatoms. The number of anilines is 1. The average molecular weight is 194 g/mol. The van der Waals surface area contributed by atoms with Gasteiger partial charge >= 0.3 is 0 Å². The topological polar surface area (TPSA) is 41.9 Å². The Morgan fingerprint density at radius 2 is 2.08 bits per heavy atom. The maximum atomic E-state index is 4.39. The van der Waals surface area contributed by atoms with Gasteiger partial charge in [-0.05, 0) is 6.92 Å². The number of fused-ring (bicyclic) bond motifs is 1. The summed E-state index contributed by atoms with van der Waals surface area (Å²) in [4.78, 5) is 15.6. The predicted octanol–water partition coefficient (Wildman–Crippen LogP) is 1.46. The van der Waals surface area contributed by atoms with Crippen LogP contribution in [0.1, 0.15) is 5.01 Å². The maximum absolute atomic E-state index is 4.39. The Bertz CT molecular complexity index is 435. The summed E-state index contributed by atoms with van der Waals surface area (Å²) in [5.74, 6) is 0.884. The minimum absolute atomic E-state index is 0.884. The van der Waals surface area contributed by atoms with Gasteiger partial charge in [0, 0.05) is 14.1 Å². The van der Waals surface area contributed by atoms with Crippen LogP contribution in [0.3, 0.4) is 0 Å². The maximum Gasteiger partial charge on any atom is 0.159 e. The van der Waals surface area contributed by atoms with Gasteiger partial charge in [-0.15, -0.1) is 0 Å². The summed E-state index contributed by atoms with van der Waals surface area (Å²) in [6, 6.07) is 0. The summed E-state index contributed by atoms with van der Waals surface area (Å²) < 4.78 is 0. The molecule has 2 aromatic rings. The van der Waals surface area contributed by atoms with Crippen molar-refractivity contribution < 1.29 is 0 Å². The van der Waals surface area contributed by atoms with Crippen LogP contribution in [-0.4, -0.2) is 29.0 Å². The molecule has 0 bridgehead atoms. The van der Waals surface area contributed by atoms with Crippen LogP contribution in [0, 0.1) is 6.92 Å². The molecule has 0 amide bonds. The second-order valence-corrected chi connectivity index (χ2v) is 4.16. The Labute approximate surface area is 80.3 Å². The summed E-state index contributed by atoms with van der Waals surface area (Å²) >= 11 is 1.59. The van der Waals surface area contributed by atoms with Gasteiger partial charge in [0.05, 0.1) is 5.01 Å². The molecular formula is C8H10N4S. The van der Waals surface area contributed by atoms with Crippen LogP contribution in [0.25, 0.3) is 10.3 Å². The summed E-state index contributed by atoms with van der Waals surface area (Å²) in [5, 5.41) is 1.03. The summed E-state index contributed by atoms with van der Waals surface area (Å²) in [6.45, 7) is 1.98. The third-order valence-electron chi connectivity index (χ3n) is 1.71. The number of aromatic nitrogens is 3. The standard InChI is InChI=1S/C8H10N4S/c1-5-11-6-7(12(2)3)9-4-10-8(6)13-5/h4H,1-3H3. The van der Waals surface area contributed by atoms with Gasteiger partial charge in [0.1, 0.15) is 16.7 Å². The zero-order valence-electron chi connectivity index (χ0n) is 7.77. The van der Waals surface area contributed by atoms with E-state index in [2.05, 4.69) is 15.0 Å². The molecule has 0 aliphatic carbocycles. The molecule has 0 radical (unpaired) electrons. The smallest absolute Gasteiger partial charge is 0.159 e. The van der Waals surface area contributed by atoms with E-state index >= 15 is 0 Å². The minimum atomic E-state index is 0.884. The van der Waals surface area contributed by atoms with E-state index in [1.807, 2.05) is 25.9 Å². The van der Waals surface area contributed by atoms with Crippen LogP contribution in [0.5, 0.6) is 0 Å². The molecule has 0 N–H and O–H groups in total. The van der Waals surface area contributed by atoms with E-state index in [0.717, 1.165) is 21.2 Å². The van der Waals surface area contributed by atoms with Crippen molar-refractivity contribution in [2.45, 2.75) is 6.92 Å². The molecule has 0 unspecified atom stereocenters. The lowest BCUT2D eigenvalue weighted by molar-refractivity contribution is 1.06. The highest BCUT2D eigenvalue weighted by Gasteiger charge is 2.09. The highest BCUT2D eigenvalue weighted by Crippen LogP contribution is 2.24. The fourth-order valence-corrected chi connectivity index (χ4v) is 1.92. The van der Waals surface area contributed by atoms with E-state index in [1.165, 1.54) is 0 Å². The third-order valence-corrected chi connectivity index (χ3v) is 2.59. The number of hydrogen-bond acceptors (Lipinski definition) is 5. The Kier molecular flexibility index (Phi) is 1.88. The van der Waals surface area contributed by atoms with Gasteiger partial charge in [0.25, 0.3) is 0 Å². The largest absolute Gasteiger partial charge is 0.361 e. The van der Waals surface area contributed by atoms with Crippen LogP contribution < -0.4 is 4.90 Å². The molecule has 2 heterocycles. The van der Waals surface area contributed by atoms with Crippen LogP contribution in [0.15, 0.2) is 6.33 Å². The molecule has 0 saturated heterocycles. The van der Waals surface area contributed by atoms with Crippen LogP contribution >= 0.6 is 11.3 Å². The molecule has 0 aliphatic heterocycles. The summed E-state index contributed by atoms with van der Waals surface area (Å²) in [5.41, 5.74) is 0.898. The van der Waals surface area contributed by atoms with E-state index in [9.17, 15) is 0 Å². The lowest BCUT2D eigenvalue weighted by Crippen LogP contribution is -2.11. The quantitative estimate of drug-likeness (QED) is 0.689. The number of thiazole rings is 1. The molecule has 0 fully saturated rings. The zero-order chi connectivity index (χ0) is 9.42. The normalized spacial score (nSPS) is 10.7. The summed E-state index contributed by atoms with van der Waals surface area (Å²) in [7, 11) is 3.91. The van der Waals surface area contributed by atoms with Crippen LogP contribution in [0.4, 0.5) is 5.82 Å². The fraction of sp³-hybridized carbons (Fsp3) is 0.375. The number of hydrogen-bond donors (Lipinski definition) is 0. The number of rotatable bonds is 1. The molecule has 0 atom stereocenters. The van der Waals surface area contributed by atoms with Crippen molar-refractivity contribution in [3.05, 3.63) is 11.3 Å². The molecule has 2 aromatic heterocycles. The molecule has 2 rings (SSSR count). The highest BCUT2D eigenvalue weighted by atomic mass is 32.1. The first-order valence-corrected chi connectivity index (χ1v) is 4.75. The molecule has 0 spiro atoms. The third kappa shape index (κ3) is 1.35. The summed E-state index contributed by atoms with van der Waals surface area (Å²) in [6.07, 6.45) is 1.58. The molecule has 68 valence electrons. The van der Waals surface area contributed by atoms with E-state index < -0.39 is 0 Å². The van der Waals surface area contributed by atoms with Crippen molar-refractivity contribution in [3.63, 3.8) is 0 Å². The van der Waals surface area contributed by atoms with Crippen molar-refractivity contribution in [3.8, 4) is 0 Å². The van der Waals surface area contributed by atoms with Gasteiger partial charge < -0.3 is 4.90 Å². The van der Waals surface area contributed by atoms with Crippen LogP contribution in [-0.2, 0) is 0 Å². The molecule has 0 aliphatic rings. The van der Waals surface area contributed by atoms with Crippen molar-refractivity contribution in [1.82, 2.24) is 15.0 Å². The Morgan fingerprint density at radius 3 is 2.77 bits per heavy atom. The van der Waals surface area contributed by atoms with Crippen molar-refractivity contribution in [1.29, 1.82) is 0 Å². The predicted molar refractivity (Wildman–Crippen MR) is 54.3 cm³/mol. The Hall–Kier alpha value is -1.23. The van der Waals surface area contributed by atoms with Gasteiger partial charge in [-0.3, -0.25) is 0 Å². The number of aryl methyl sites for hydroxylation is 1. The zero-order valence-corrected chi connectivity index (χ0v) is 8.59. The highest BCUT2D eigenvalue weighted by molar-refractivity contribution is 7.18. The van der Waals surface area contributed by atoms with Gasteiger partial charge in [0.15, 0.2) is 5.82 Å². The van der Waals surface area contributed by atoms with Gasteiger partial charge in [-0.1, -0.05) is 11.3 Å². The SMILES string of the molecule is Cc1nc2c(N(C)C)ncnc2s1. The number of nitrogens with zero attached hydrogens (tertiary/aromatic N) is 4. The Balaban J connectivity index is 2.75. The minimum Gasteiger partial charge on any atom is -0.361 e. The first kappa shape index (κ1) is 8.37. The van der Waals surface area contributed by atoms with Crippen molar-refractivity contribution in [2.24, 2.45) is 0 Å². The van der Waals surface area contributed by atoms with E-state index in [1.54, 1.807) is 17.7 Å². The van der Waals surface area contributed by atoms with E-state index in [0.29, 0.717) is 0 Å². The first-order chi connectivity index (χ1) is 6.18. The molecule has 4 nitrogen and oxygen atoms in total. The Morgan fingerprint density at radius 1 is 1.31 bits per heavy atom. The van der Waals surface area contributed by atoms with Crippen molar-refractivity contribution in [2.75, 3.05) is 19.0 Å². The molecule has 0 saturated carbocycles. The molecule has 0 aromatic carbocycles. The monoisotopic (exact) mass is 194 g/mol. The fourth-order valence-electron chi connectivity index (χ4n) is 1.17. The lowest BCUT2D eigenvalue weighted by atomic mass is 10.5. The molecular weight excluding hydrogens is 184 g/mol. The molecule has 13 heavy (non-hydrogen) atoms. The lowest BCUT2D eigenvalue weighted by Gasteiger charge is -2.09. The van der Waals surface area contributed by atoms with Gasteiger partial charge in [-0.25, -0.2) is 15.0 Å². The van der Waals surface area contributed by atoms with Gasteiger partial charge in [-0.2, -0.15) is 0 Å². The van der Waals surface area contributed by atoms with E-state index in [4.69, 9.17) is 0 Å². The van der Waals surface area contributed by atoms with Crippen LogP contribution in [0.2, 0.25) is 0 Å². The van der Waals surface area contributed by atoms with Gasteiger partial charge in [0.2, 0.25) is 0 Å².